The molecule has 1 saturated heterocycles. The molecule has 3 aromatic carbocycles. The minimum absolute atomic E-state index is 0.0650. The molecule has 1 N–H and O–H groups in total. The Kier molecular flexibility index (Phi) is 7.29. The van der Waals surface area contributed by atoms with Crippen LogP contribution in [0.1, 0.15) is 11.1 Å². The van der Waals surface area contributed by atoms with E-state index in [-0.39, 0.29) is 12.5 Å². The molecular formula is C30H25N3O3S. The Hall–Kier alpha value is -4.41. The summed E-state index contributed by atoms with van der Waals surface area (Å²) in [6.07, 6.45) is 9.86. The number of H-pyrrole nitrogens is 1. The summed E-state index contributed by atoms with van der Waals surface area (Å²) in [4.78, 5) is 24.0. The number of nitrogens with one attached hydrogen (secondary N) is 1. The highest BCUT2D eigenvalue weighted by Gasteiger charge is 2.33. The Morgan fingerprint density at radius 2 is 1.81 bits per heavy atom. The molecule has 0 radical (unpaired) electrons. The van der Waals surface area contributed by atoms with Gasteiger partial charge in [0.05, 0.1) is 17.7 Å². The van der Waals surface area contributed by atoms with Crippen molar-refractivity contribution in [2.45, 2.75) is 6.42 Å². The molecule has 1 aliphatic heterocycles. The monoisotopic (exact) mass is 507 g/mol. The first-order valence-corrected chi connectivity index (χ1v) is 12.6. The minimum Gasteiger partial charge on any atom is -0.497 e. The van der Waals surface area contributed by atoms with Crippen molar-refractivity contribution in [2.24, 2.45) is 4.99 Å². The third-order valence-corrected chi connectivity index (χ3v) is 6.97. The quantitative estimate of drug-likeness (QED) is 0.233. The Morgan fingerprint density at radius 3 is 2.57 bits per heavy atom. The lowest BCUT2D eigenvalue weighted by Crippen LogP contribution is -2.31. The summed E-state index contributed by atoms with van der Waals surface area (Å²) in [5.74, 6) is 3.83. The van der Waals surface area contributed by atoms with Crippen molar-refractivity contribution in [2.75, 3.05) is 20.3 Å². The number of rotatable bonds is 8. The number of terminal acetylenes is 1. The Morgan fingerprint density at radius 1 is 1.05 bits per heavy atom. The van der Waals surface area contributed by atoms with Crippen LogP contribution < -0.4 is 9.47 Å². The number of methoxy groups -OCH3 is 1. The van der Waals surface area contributed by atoms with Crippen LogP contribution in [0.25, 0.3) is 17.0 Å². The van der Waals surface area contributed by atoms with Gasteiger partial charge in [-0.1, -0.05) is 36.3 Å². The largest absolute Gasteiger partial charge is 0.497 e. The number of amidine groups is 1. The van der Waals surface area contributed by atoms with E-state index in [1.807, 2.05) is 72.9 Å². The molecule has 0 unspecified atom stereocenters. The van der Waals surface area contributed by atoms with Gasteiger partial charge in [0, 0.05) is 23.6 Å². The molecule has 1 amide bonds. The van der Waals surface area contributed by atoms with Gasteiger partial charge >= 0.3 is 0 Å². The van der Waals surface area contributed by atoms with Gasteiger partial charge in [0.25, 0.3) is 5.91 Å². The van der Waals surface area contributed by atoms with Crippen LogP contribution in [0.5, 0.6) is 11.5 Å². The topological polar surface area (TPSA) is 66.9 Å². The van der Waals surface area contributed by atoms with Gasteiger partial charge in [-0.2, -0.15) is 0 Å². The summed E-state index contributed by atoms with van der Waals surface area (Å²) < 4.78 is 10.7. The number of ether oxygens (including phenoxy) is 2. The number of nitrogens with zero attached hydrogens (tertiary/aromatic N) is 2. The van der Waals surface area contributed by atoms with Gasteiger partial charge in [0.2, 0.25) is 0 Å². The summed E-state index contributed by atoms with van der Waals surface area (Å²) in [5.41, 5.74) is 3.90. The highest BCUT2D eigenvalue weighted by atomic mass is 32.2. The van der Waals surface area contributed by atoms with Crippen LogP contribution in [0.3, 0.4) is 0 Å². The van der Waals surface area contributed by atoms with Crippen molar-refractivity contribution >= 4 is 45.5 Å². The lowest BCUT2D eigenvalue weighted by atomic mass is 10.1. The van der Waals surface area contributed by atoms with Crippen molar-refractivity contribution in [1.82, 2.24) is 9.88 Å². The number of benzene rings is 3. The van der Waals surface area contributed by atoms with E-state index in [0.29, 0.717) is 28.8 Å². The fourth-order valence-electron chi connectivity index (χ4n) is 4.06. The second kappa shape index (κ2) is 11.1. The highest BCUT2D eigenvalue weighted by Crippen LogP contribution is 2.35. The van der Waals surface area contributed by atoms with Gasteiger partial charge in [-0.15, -0.1) is 6.42 Å². The first-order chi connectivity index (χ1) is 18.1. The summed E-state index contributed by atoms with van der Waals surface area (Å²) >= 11 is 1.38. The number of carbonyl (C=O) groups is 1. The predicted molar refractivity (Wildman–Crippen MR) is 150 cm³/mol. The Labute approximate surface area is 220 Å². The van der Waals surface area contributed by atoms with Crippen LogP contribution in [-0.4, -0.2) is 41.2 Å². The minimum atomic E-state index is -0.0650. The maximum absolute atomic E-state index is 13.5. The summed E-state index contributed by atoms with van der Waals surface area (Å²) in [6, 6.07) is 23.1. The average molecular weight is 508 g/mol. The average Bonchev–Trinajstić information content (AvgIpc) is 3.47. The number of aromatic nitrogens is 1. The zero-order valence-electron chi connectivity index (χ0n) is 20.3. The van der Waals surface area contributed by atoms with Crippen LogP contribution in [0, 0.1) is 12.3 Å². The number of thioether (sulfide) groups is 1. The van der Waals surface area contributed by atoms with Gasteiger partial charge in [-0.3, -0.25) is 9.69 Å². The smallest absolute Gasteiger partial charge is 0.266 e. The summed E-state index contributed by atoms with van der Waals surface area (Å²) in [5, 5.41) is 1.81. The Balaban J connectivity index is 1.41. The van der Waals surface area contributed by atoms with E-state index in [1.165, 1.54) is 17.1 Å². The maximum atomic E-state index is 13.5. The lowest BCUT2D eigenvalue weighted by molar-refractivity contribution is -0.122. The molecule has 1 aromatic heterocycles. The second-order valence-electron chi connectivity index (χ2n) is 8.33. The molecule has 37 heavy (non-hydrogen) atoms. The third-order valence-electron chi connectivity index (χ3n) is 5.96. The molecule has 0 saturated carbocycles. The van der Waals surface area contributed by atoms with Crippen LogP contribution in [0.2, 0.25) is 0 Å². The lowest BCUT2D eigenvalue weighted by Gasteiger charge is -2.15. The fraction of sp³-hybridized carbons (Fsp3) is 0.133. The fourth-order valence-corrected chi connectivity index (χ4v) is 5.09. The zero-order chi connectivity index (χ0) is 25.6. The number of carbonyl (C=O) groups excluding carboxylic acids is 1. The first kappa shape index (κ1) is 24.3. The SMILES string of the molecule is C#CCOc1ccc(/C=C2\SC(=Nc3ccc(OC)cc3)N(CCc3c[nH]c4ccccc34)C2=O)cc1. The number of aromatic amines is 1. The molecule has 0 atom stereocenters. The second-order valence-corrected chi connectivity index (χ2v) is 9.34. The van der Waals surface area contributed by atoms with Crippen molar-refractivity contribution in [3.05, 3.63) is 95.0 Å². The van der Waals surface area contributed by atoms with Crippen molar-refractivity contribution in [3.63, 3.8) is 0 Å². The molecule has 7 heteroatoms. The van der Waals surface area contributed by atoms with Crippen LogP contribution in [-0.2, 0) is 11.2 Å². The Bertz CT molecular complexity index is 1510. The molecule has 0 aliphatic carbocycles. The molecule has 0 bridgehead atoms. The van der Waals surface area contributed by atoms with E-state index < -0.39 is 0 Å². The number of fused-ring (bicyclic) bond motifs is 1. The van der Waals surface area contributed by atoms with Crippen LogP contribution >= 0.6 is 11.8 Å². The van der Waals surface area contributed by atoms with Crippen molar-refractivity contribution in [3.8, 4) is 23.8 Å². The zero-order valence-corrected chi connectivity index (χ0v) is 21.1. The first-order valence-electron chi connectivity index (χ1n) is 11.8. The van der Waals surface area contributed by atoms with Gasteiger partial charge in [-0.25, -0.2) is 4.99 Å². The number of amides is 1. The number of hydrogen-bond donors (Lipinski definition) is 1. The highest BCUT2D eigenvalue weighted by molar-refractivity contribution is 8.18. The van der Waals surface area contributed by atoms with Gasteiger partial charge in [-0.05, 0) is 77.9 Å². The molecule has 1 aliphatic rings. The number of aliphatic imine (C=N–C) groups is 1. The summed E-state index contributed by atoms with van der Waals surface area (Å²) in [7, 11) is 1.63. The molecular weight excluding hydrogens is 482 g/mol. The number of para-hydroxylation sites is 1. The van der Waals surface area contributed by atoms with Crippen molar-refractivity contribution in [1.29, 1.82) is 0 Å². The van der Waals surface area contributed by atoms with Gasteiger partial charge in [0.1, 0.15) is 18.1 Å². The molecule has 4 aromatic rings. The van der Waals surface area contributed by atoms with Crippen molar-refractivity contribution < 1.29 is 14.3 Å². The molecule has 1 fully saturated rings. The summed E-state index contributed by atoms with van der Waals surface area (Å²) in [6.45, 7) is 0.726. The van der Waals surface area contributed by atoms with E-state index in [9.17, 15) is 4.79 Å². The van der Waals surface area contributed by atoms with E-state index in [4.69, 9.17) is 20.9 Å². The third kappa shape index (κ3) is 5.55. The molecule has 2 heterocycles. The predicted octanol–water partition coefficient (Wildman–Crippen LogP) is 6.04. The molecule has 0 spiro atoms. The molecule has 184 valence electrons. The van der Waals surface area contributed by atoms with Gasteiger partial charge < -0.3 is 14.5 Å². The van der Waals surface area contributed by atoms with E-state index in [0.717, 1.165) is 28.1 Å². The van der Waals surface area contributed by atoms with E-state index >= 15 is 0 Å². The standard InChI is InChI=1S/C30H25N3O3S/c1-3-18-36-25-12-8-21(9-13-25)19-28-29(34)33(17-16-22-20-31-27-7-5-4-6-26(22)27)30(37-28)32-23-10-14-24(35-2)15-11-23/h1,4-15,19-20,31H,16-18H2,2H3/b28-19-,32-30?. The maximum Gasteiger partial charge on any atom is 0.266 e. The van der Waals surface area contributed by atoms with E-state index in [2.05, 4.69) is 23.0 Å². The van der Waals surface area contributed by atoms with Crippen LogP contribution in [0.4, 0.5) is 5.69 Å². The normalized spacial score (nSPS) is 15.5. The van der Waals surface area contributed by atoms with Crippen LogP contribution in [0.15, 0.2) is 88.9 Å². The van der Waals surface area contributed by atoms with Gasteiger partial charge in [0.15, 0.2) is 5.17 Å². The number of hydrogen-bond acceptors (Lipinski definition) is 5. The van der Waals surface area contributed by atoms with E-state index in [1.54, 1.807) is 12.0 Å². The molecule has 6 nitrogen and oxygen atoms in total. The molecule has 5 rings (SSSR count).